The summed E-state index contributed by atoms with van der Waals surface area (Å²) in [6.07, 6.45) is 4.32. The number of hydrogen-bond acceptors (Lipinski definition) is 7. The van der Waals surface area contributed by atoms with Crippen LogP contribution < -0.4 is 0 Å². The third-order valence-electron chi connectivity index (χ3n) is 9.81. The second kappa shape index (κ2) is 8.89. The van der Waals surface area contributed by atoms with Gasteiger partial charge in [0.2, 0.25) is 5.78 Å². The van der Waals surface area contributed by atoms with Gasteiger partial charge in [0.05, 0.1) is 6.10 Å². The Kier molecular flexibility index (Phi) is 6.60. The van der Waals surface area contributed by atoms with Crippen molar-refractivity contribution in [1.29, 1.82) is 0 Å². The highest BCUT2D eigenvalue weighted by Gasteiger charge is 2.77. The summed E-state index contributed by atoms with van der Waals surface area (Å²) in [6, 6.07) is 0. The van der Waals surface area contributed by atoms with Crippen LogP contribution in [0.15, 0.2) is 23.8 Å². The first kappa shape index (κ1) is 26.7. The monoisotopic (exact) mass is 504 g/mol. The van der Waals surface area contributed by atoms with Crippen molar-refractivity contribution in [2.24, 2.45) is 28.6 Å². The van der Waals surface area contributed by atoms with Gasteiger partial charge in [-0.3, -0.25) is 19.2 Å². The van der Waals surface area contributed by atoms with Crippen molar-refractivity contribution in [2.45, 2.75) is 90.5 Å². The van der Waals surface area contributed by atoms with E-state index in [1.165, 1.54) is 12.2 Å². The van der Waals surface area contributed by atoms with Crippen LogP contribution in [0.5, 0.6) is 0 Å². The molecule has 3 saturated carbocycles. The zero-order valence-corrected chi connectivity index (χ0v) is 21.8. The molecule has 8 heteroatoms. The number of ether oxygens (including phenoxy) is 2. The van der Waals surface area contributed by atoms with Crippen molar-refractivity contribution in [3.8, 4) is 0 Å². The Morgan fingerprint density at radius 1 is 1.14 bits per heavy atom. The molecule has 4 aliphatic carbocycles. The van der Waals surface area contributed by atoms with Gasteiger partial charge in [0.15, 0.2) is 23.7 Å². The molecule has 4 rings (SSSR count). The van der Waals surface area contributed by atoms with Gasteiger partial charge < -0.3 is 14.6 Å². The predicted molar refractivity (Wildman–Crippen MR) is 128 cm³/mol. The number of fused-ring (bicyclic) bond motifs is 5. The molecule has 198 valence electrons. The lowest BCUT2D eigenvalue weighted by atomic mass is 9.44. The maximum absolute atomic E-state index is 17.4. The van der Waals surface area contributed by atoms with E-state index in [2.05, 4.69) is 0 Å². The van der Waals surface area contributed by atoms with Crippen molar-refractivity contribution < 1.29 is 38.1 Å². The van der Waals surface area contributed by atoms with Crippen LogP contribution in [0.2, 0.25) is 0 Å². The van der Waals surface area contributed by atoms with E-state index in [1.54, 1.807) is 33.8 Å². The van der Waals surface area contributed by atoms with E-state index in [4.69, 9.17) is 9.47 Å². The summed E-state index contributed by atoms with van der Waals surface area (Å²) in [6.45, 7) is 8.05. The first-order chi connectivity index (χ1) is 16.8. The van der Waals surface area contributed by atoms with Crippen molar-refractivity contribution in [3.05, 3.63) is 23.8 Å². The Morgan fingerprint density at radius 2 is 1.81 bits per heavy atom. The van der Waals surface area contributed by atoms with E-state index >= 15 is 4.39 Å². The van der Waals surface area contributed by atoms with Crippen LogP contribution >= 0.6 is 0 Å². The largest absolute Gasteiger partial charge is 0.457 e. The summed E-state index contributed by atoms with van der Waals surface area (Å²) in [4.78, 5) is 50.3. The van der Waals surface area contributed by atoms with E-state index in [0.29, 0.717) is 24.8 Å². The highest BCUT2D eigenvalue weighted by Crippen LogP contribution is 2.71. The number of ketones is 2. The highest BCUT2D eigenvalue weighted by molar-refractivity contribution is 6.01. The van der Waals surface area contributed by atoms with Crippen LogP contribution in [0.25, 0.3) is 0 Å². The predicted octanol–water partition coefficient (Wildman–Crippen LogP) is 3.82. The minimum absolute atomic E-state index is 0.0430. The Morgan fingerprint density at radius 3 is 2.44 bits per heavy atom. The molecular formula is C28H37FO7. The van der Waals surface area contributed by atoms with E-state index < -0.39 is 64.4 Å². The Hall–Kier alpha value is -2.35. The van der Waals surface area contributed by atoms with Gasteiger partial charge in [-0.1, -0.05) is 39.3 Å². The number of halogens is 1. The van der Waals surface area contributed by atoms with E-state index in [9.17, 15) is 24.3 Å². The standard InChI is InChI=1S/C28H37FO7/c1-6-23(33)35-15-22(32)28(36-24(34)7-2)16(3)12-20-19-9-8-17-13-18(30)10-11-25(17,4)27(19,29)21(31)14-26(20,28)5/h10-11,13,16,19-21,31H,6-9,12,14-15H2,1-5H3/t16-,19+,20+,21-,25-,26+,27+,28+/m0/s1. The van der Waals surface area contributed by atoms with Gasteiger partial charge in [-0.05, 0) is 50.7 Å². The summed E-state index contributed by atoms with van der Waals surface area (Å²) in [5.74, 6) is -3.31. The van der Waals surface area contributed by atoms with Gasteiger partial charge in [0.1, 0.15) is 0 Å². The Labute approximate surface area is 211 Å². The Balaban J connectivity index is 1.80. The molecule has 0 aromatic carbocycles. The number of aliphatic hydroxyl groups is 1. The minimum atomic E-state index is -2.05. The lowest BCUT2D eigenvalue weighted by Gasteiger charge is -2.62. The second-order valence-electron chi connectivity index (χ2n) is 11.4. The fourth-order valence-electron chi connectivity index (χ4n) is 8.01. The van der Waals surface area contributed by atoms with Crippen LogP contribution in [0.1, 0.15) is 73.1 Å². The second-order valence-corrected chi connectivity index (χ2v) is 11.4. The summed E-state index contributed by atoms with van der Waals surface area (Å²) >= 11 is 0. The number of hydrogen-bond donors (Lipinski definition) is 1. The normalized spacial score (nSPS) is 43.1. The first-order valence-corrected chi connectivity index (χ1v) is 13.0. The number of carbonyl (C=O) groups is 4. The average Bonchev–Trinajstić information content (AvgIpc) is 3.05. The average molecular weight is 505 g/mol. The van der Waals surface area contributed by atoms with E-state index in [-0.39, 0.29) is 31.0 Å². The zero-order chi connectivity index (χ0) is 26.7. The van der Waals surface area contributed by atoms with E-state index in [0.717, 1.165) is 0 Å². The van der Waals surface area contributed by atoms with Gasteiger partial charge in [-0.25, -0.2) is 4.39 Å². The molecule has 0 amide bonds. The number of carbonyl (C=O) groups excluding carboxylic acids is 4. The smallest absolute Gasteiger partial charge is 0.306 e. The van der Waals surface area contributed by atoms with Gasteiger partial charge in [-0.15, -0.1) is 0 Å². The summed E-state index contributed by atoms with van der Waals surface area (Å²) < 4.78 is 28.5. The molecule has 7 nitrogen and oxygen atoms in total. The number of Topliss-reactive ketones (excluding diaryl/α,β-unsaturated/α-hetero) is 1. The van der Waals surface area contributed by atoms with Crippen molar-refractivity contribution in [3.63, 3.8) is 0 Å². The molecule has 4 aliphatic rings. The van der Waals surface area contributed by atoms with E-state index in [1.807, 2.05) is 6.92 Å². The van der Waals surface area contributed by atoms with Gasteiger partial charge in [0, 0.05) is 35.5 Å². The number of esters is 2. The Bertz CT molecular complexity index is 1050. The van der Waals surface area contributed by atoms with Crippen molar-refractivity contribution >= 4 is 23.5 Å². The molecule has 36 heavy (non-hydrogen) atoms. The minimum Gasteiger partial charge on any atom is -0.457 e. The molecule has 1 N–H and O–H groups in total. The maximum atomic E-state index is 17.4. The molecule has 0 aliphatic heterocycles. The first-order valence-electron chi connectivity index (χ1n) is 13.0. The van der Waals surface area contributed by atoms with Crippen LogP contribution in [0.4, 0.5) is 4.39 Å². The lowest BCUT2D eigenvalue weighted by Crippen LogP contribution is -2.70. The topological polar surface area (TPSA) is 107 Å². The highest BCUT2D eigenvalue weighted by atomic mass is 19.1. The van der Waals surface area contributed by atoms with Gasteiger partial charge in [0.25, 0.3) is 0 Å². The molecule has 3 fully saturated rings. The SMILES string of the molecule is CCC(=O)OCC(=O)[C@]1(OC(=O)CC)[C@@H](C)C[C@@H]2[C@H]3CCC4=CC(=O)C=C[C@]4(C)[C@]3(F)[C@@H](O)C[C@]21C. The molecule has 0 saturated heterocycles. The third-order valence-corrected chi connectivity index (χ3v) is 9.81. The molecule has 0 aromatic rings. The molecule has 8 atom stereocenters. The summed E-state index contributed by atoms with van der Waals surface area (Å²) in [5, 5.41) is 11.5. The molecule has 0 aromatic heterocycles. The van der Waals surface area contributed by atoms with Crippen LogP contribution in [-0.2, 0) is 28.7 Å². The molecule has 0 spiro atoms. The number of aliphatic hydroxyl groups excluding tert-OH is 1. The van der Waals surface area contributed by atoms with Crippen molar-refractivity contribution in [1.82, 2.24) is 0 Å². The lowest BCUT2D eigenvalue weighted by molar-refractivity contribution is -0.228. The van der Waals surface area contributed by atoms with Crippen molar-refractivity contribution in [2.75, 3.05) is 6.61 Å². The zero-order valence-electron chi connectivity index (χ0n) is 21.8. The number of allylic oxidation sites excluding steroid dienone is 4. The fraction of sp³-hybridized carbons (Fsp3) is 0.714. The summed E-state index contributed by atoms with van der Waals surface area (Å²) in [7, 11) is 0. The van der Waals surface area contributed by atoms with Crippen LogP contribution in [0.3, 0.4) is 0 Å². The molecular weight excluding hydrogens is 467 g/mol. The molecule has 0 unspecified atom stereocenters. The van der Waals surface area contributed by atoms with Gasteiger partial charge in [-0.2, -0.15) is 0 Å². The quantitative estimate of drug-likeness (QED) is 0.548. The van der Waals surface area contributed by atoms with Crippen LogP contribution in [0, 0.1) is 28.6 Å². The van der Waals surface area contributed by atoms with Gasteiger partial charge >= 0.3 is 11.9 Å². The maximum Gasteiger partial charge on any atom is 0.306 e. The van der Waals surface area contributed by atoms with Crippen LogP contribution in [-0.4, -0.2) is 52.6 Å². The summed E-state index contributed by atoms with van der Waals surface area (Å²) in [5.41, 5.74) is -5.26. The third kappa shape index (κ3) is 3.39. The number of alkyl halides is 1. The molecule has 0 heterocycles. The molecule has 0 radical (unpaired) electrons. The number of rotatable bonds is 6. The molecule has 0 bridgehead atoms. The fourth-order valence-corrected chi connectivity index (χ4v) is 8.01.